The quantitative estimate of drug-likeness (QED) is 0.691. The number of nitrogens with one attached hydrogen (secondary N) is 1. The highest BCUT2D eigenvalue weighted by atomic mass is 35.5. The lowest BCUT2D eigenvalue weighted by Gasteiger charge is -2.17. The molecule has 0 aliphatic heterocycles. The lowest BCUT2D eigenvalue weighted by molar-refractivity contribution is -0.676. The number of nitrogens with two attached hydrogens (primary N) is 1. The number of anilines is 1. The molecule has 27 heavy (non-hydrogen) atoms. The van der Waals surface area contributed by atoms with Crippen molar-refractivity contribution in [2.45, 2.75) is 6.04 Å². The predicted octanol–water partition coefficient (Wildman–Crippen LogP) is 3.50. The largest absolute Gasteiger partial charge is 0.328 e. The van der Waals surface area contributed by atoms with Crippen molar-refractivity contribution in [3.8, 4) is 6.07 Å². The third kappa shape index (κ3) is 4.95. The maximum atomic E-state index is 12.4. The minimum absolute atomic E-state index is 0.0274. The number of quaternary nitrogens is 1. The molecule has 0 aliphatic carbocycles. The number of para-hydroxylation sites is 1. The van der Waals surface area contributed by atoms with Gasteiger partial charge in [-0.15, -0.1) is 0 Å². The maximum Gasteiger partial charge on any atom is 0.279 e. The predicted molar refractivity (Wildman–Crippen MR) is 106 cm³/mol. The molecule has 1 atom stereocenters. The Balaban J connectivity index is 1.74. The zero-order chi connectivity index (χ0) is 19.1. The van der Waals surface area contributed by atoms with E-state index < -0.39 is 0 Å². The number of benzene rings is 3. The van der Waals surface area contributed by atoms with Crippen molar-refractivity contribution in [3.05, 3.63) is 101 Å². The van der Waals surface area contributed by atoms with E-state index in [1.54, 1.807) is 24.3 Å². The first-order valence-corrected chi connectivity index (χ1v) is 8.98. The molecule has 0 aliphatic rings. The molecule has 4 nitrogen and oxygen atoms in total. The first-order chi connectivity index (χ1) is 13.2. The molecule has 0 spiro atoms. The molecule has 0 saturated carbocycles. The Bertz CT molecular complexity index is 949. The van der Waals surface area contributed by atoms with Gasteiger partial charge in [-0.25, -0.2) is 0 Å². The monoisotopic (exact) mass is 376 g/mol. The fourth-order valence-electron chi connectivity index (χ4n) is 2.91. The van der Waals surface area contributed by atoms with E-state index in [4.69, 9.17) is 16.9 Å². The molecule has 3 rings (SSSR count). The van der Waals surface area contributed by atoms with E-state index >= 15 is 0 Å². The number of hydrogen-bond donors (Lipinski definition) is 2. The summed E-state index contributed by atoms with van der Waals surface area (Å²) in [5, 5.41) is 14.6. The van der Waals surface area contributed by atoms with Crippen molar-refractivity contribution in [3.63, 3.8) is 0 Å². The van der Waals surface area contributed by atoms with Crippen LogP contribution in [-0.2, 0) is 4.79 Å². The van der Waals surface area contributed by atoms with Gasteiger partial charge in [0.2, 0.25) is 0 Å². The topological polar surface area (TPSA) is 69.5 Å². The molecule has 0 fully saturated rings. The Morgan fingerprint density at radius 3 is 2.30 bits per heavy atom. The average molecular weight is 377 g/mol. The van der Waals surface area contributed by atoms with Gasteiger partial charge in [0.25, 0.3) is 5.91 Å². The summed E-state index contributed by atoms with van der Waals surface area (Å²) in [4.78, 5) is 12.4. The van der Waals surface area contributed by atoms with E-state index in [0.717, 1.165) is 11.1 Å². The molecule has 0 aromatic heterocycles. The Morgan fingerprint density at radius 1 is 0.963 bits per heavy atom. The molecule has 3 aromatic rings. The van der Waals surface area contributed by atoms with Gasteiger partial charge in [-0.3, -0.25) is 4.79 Å². The second-order valence-corrected chi connectivity index (χ2v) is 6.52. The van der Waals surface area contributed by atoms with E-state index in [2.05, 4.69) is 11.4 Å². The van der Waals surface area contributed by atoms with Crippen molar-refractivity contribution in [1.82, 2.24) is 0 Å². The number of halogens is 1. The normalized spacial score (nSPS) is 11.4. The number of amides is 1. The Labute approximate surface area is 163 Å². The van der Waals surface area contributed by atoms with Gasteiger partial charge in [-0.05, 0) is 24.3 Å². The lowest BCUT2D eigenvalue weighted by atomic mass is 9.99. The SMILES string of the molecule is N#Cc1ccccc1NC(=O)C[NH2+][C@H](c1ccccc1)c1ccc(Cl)cc1. The van der Waals surface area contributed by atoms with E-state index in [9.17, 15) is 4.79 Å². The fourth-order valence-corrected chi connectivity index (χ4v) is 3.04. The van der Waals surface area contributed by atoms with E-state index in [0.29, 0.717) is 16.3 Å². The molecule has 5 heteroatoms. The molecular weight excluding hydrogens is 358 g/mol. The van der Waals surface area contributed by atoms with Crippen LogP contribution in [0.1, 0.15) is 22.7 Å². The highest BCUT2D eigenvalue weighted by Crippen LogP contribution is 2.20. The number of carbonyl (C=O) groups excluding carboxylic acids is 1. The summed E-state index contributed by atoms with van der Waals surface area (Å²) in [5.74, 6) is -0.160. The summed E-state index contributed by atoms with van der Waals surface area (Å²) >= 11 is 6.01. The summed E-state index contributed by atoms with van der Waals surface area (Å²) < 4.78 is 0. The minimum atomic E-state index is -0.160. The standard InChI is InChI=1S/C22H18ClN3O/c23-19-12-10-17(11-13-19)22(16-6-2-1-3-7-16)25-15-21(27)26-20-9-5-4-8-18(20)14-24/h1-13,22,25H,15H2,(H,26,27)/p+1/t22-/m1/s1. The summed E-state index contributed by atoms with van der Waals surface area (Å²) in [5.41, 5.74) is 3.14. The highest BCUT2D eigenvalue weighted by molar-refractivity contribution is 6.30. The van der Waals surface area contributed by atoms with Crippen LogP contribution < -0.4 is 10.6 Å². The number of nitriles is 1. The molecule has 0 saturated heterocycles. The third-order valence-corrected chi connectivity index (χ3v) is 4.50. The third-order valence-electron chi connectivity index (χ3n) is 4.25. The van der Waals surface area contributed by atoms with Crippen LogP contribution in [0.5, 0.6) is 0 Å². The Hall–Kier alpha value is -3.13. The molecule has 1 amide bonds. The van der Waals surface area contributed by atoms with Gasteiger partial charge in [0.1, 0.15) is 12.1 Å². The summed E-state index contributed by atoms with van der Waals surface area (Å²) in [6, 6.07) is 26.7. The summed E-state index contributed by atoms with van der Waals surface area (Å²) in [6.07, 6.45) is 0. The van der Waals surface area contributed by atoms with E-state index in [1.807, 2.05) is 59.9 Å². The molecule has 0 bridgehead atoms. The number of hydrogen-bond acceptors (Lipinski definition) is 2. The minimum Gasteiger partial charge on any atom is -0.328 e. The lowest BCUT2D eigenvalue weighted by Crippen LogP contribution is -2.87. The van der Waals surface area contributed by atoms with Crippen LogP contribution in [0.25, 0.3) is 0 Å². The van der Waals surface area contributed by atoms with Crippen LogP contribution in [0.3, 0.4) is 0 Å². The smallest absolute Gasteiger partial charge is 0.279 e. The van der Waals surface area contributed by atoms with E-state index in [-0.39, 0.29) is 18.5 Å². The molecule has 134 valence electrons. The number of rotatable bonds is 6. The van der Waals surface area contributed by atoms with Gasteiger partial charge in [-0.1, -0.05) is 66.2 Å². The zero-order valence-electron chi connectivity index (χ0n) is 14.6. The fraction of sp³-hybridized carbons (Fsp3) is 0.0909. The van der Waals surface area contributed by atoms with Gasteiger partial charge in [-0.2, -0.15) is 5.26 Å². The van der Waals surface area contributed by atoms with Crippen molar-refractivity contribution >= 4 is 23.2 Å². The average Bonchev–Trinajstić information content (AvgIpc) is 2.70. The van der Waals surface area contributed by atoms with Crippen LogP contribution in [0.2, 0.25) is 5.02 Å². The first kappa shape index (κ1) is 18.7. The van der Waals surface area contributed by atoms with Gasteiger partial charge < -0.3 is 10.6 Å². The number of carbonyl (C=O) groups is 1. The first-order valence-electron chi connectivity index (χ1n) is 8.60. The van der Waals surface area contributed by atoms with Crippen LogP contribution in [0.4, 0.5) is 5.69 Å². The van der Waals surface area contributed by atoms with E-state index in [1.165, 1.54) is 0 Å². The highest BCUT2D eigenvalue weighted by Gasteiger charge is 2.19. The molecule has 3 aromatic carbocycles. The van der Waals surface area contributed by atoms with Crippen molar-refractivity contribution in [2.24, 2.45) is 0 Å². The number of nitrogens with zero attached hydrogens (tertiary/aromatic N) is 1. The molecule has 0 radical (unpaired) electrons. The van der Waals surface area contributed by atoms with Crippen LogP contribution in [-0.4, -0.2) is 12.5 Å². The summed E-state index contributed by atoms with van der Waals surface area (Å²) in [7, 11) is 0. The second-order valence-electron chi connectivity index (χ2n) is 6.09. The van der Waals surface area contributed by atoms with Crippen LogP contribution in [0, 0.1) is 11.3 Å². The summed E-state index contributed by atoms with van der Waals surface area (Å²) in [6.45, 7) is 0.224. The second kappa shape index (κ2) is 9.00. The van der Waals surface area contributed by atoms with Crippen molar-refractivity contribution in [1.29, 1.82) is 5.26 Å². The Morgan fingerprint density at radius 2 is 1.59 bits per heavy atom. The van der Waals surface area contributed by atoms with Crippen molar-refractivity contribution in [2.75, 3.05) is 11.9 Å². The van der Waals surface area contributed by atoms with Gasteiger partial charge in [0, 0.05) is 16.1 Å². The maximum absolute atomic E-state index is 12.4. The molecule has 3 N–H and O–H groups in total. The van der Waals surface area contributed by atoms with Crippen LogP contribution >= 0.6 is 11.6 Å². The van der Waals surface area contributed by atoms with Gasteiger partial charge >= 0.3 is 0 Å². The molecular formula is C22H19ClN3O+. The zero-order valence-corrected chi connectivity index (χ0v) is 15.4. The van der Waals surface area contributed by atoms with Crippen LogP contribution in [0.15, 0.2) is 78.9 Å². The molecule has 0 unspecified atom stereocenters. The van der Waals surface area contributed by atoms with Gasteiger partial charge in [0.15, 0.2) is 6.54 Å². The molecule has 0 heterocycles. The van der Waals surface area contributed by atoms with Crippen molar-refractivity contribution < 1.29 is 10.1 Å². The van der Waals surface area contributed by atoms with Gasteiger partial charge in [0.05, 0.1) is 11.3 Å². The Kier molecular flexibility index (Phi) is 6.22.